The van der Waals surface area contributed by atoms with Gasteiger partial charge in [-0.2, -0.15) is 5.10 Å². The first-order chi connectivity index (χ1) is 11.9. The van der Waals surface area contributed by atoms with Crippen molar-refractivity contribution in [2.24, 2.45) is 7.05 Å². The topological polar surface area (TPSA) is 58.4 Å². The van der Waals surface area contributed by atoms with Crippen molar-refractivity contribution in [2.45, 2.75) is 6.42 Å². The molecular weight excluding hydrogens is 330 g/mol. The van der Waals surface area contributed by atoms with Crippen molar-refractivity contribution in [3.63, 3.8) is 0 Å². The number of nitrogens with zero attached hydrogens (tertiary/aromatic N) is 4. The number of halogens is 2. The summed E-state index contributed by atoms with van der Waals surface area (Å²) in [6.45, 7) is 1.65. The molecule has 0 N–H and O–H groups in total. The number of carbonyl (C=O) groups is 2. The third kappa shape index (κ3) is 3.90. The first-order valence-electron chi connectivity index (χ1n) is 7.93. The fourth-order valence-electron chi connectivity index (χ4n) is 2.84. The molecule has 0 atom stereocenters. The standard InChI is InChI=1S/C17H18F2N4O2/c1-21-10-13(9-20-21)23-7-6-22(11-17(23)25)5-4-16(24)14-3-2-12(18)8-15(14)19/h2-3,8-10H,4-7,11H2,1H3. The Bertz CT molecular complexity index is 806. The van der Waals surface area contributed by atoms with E-state index >= 15 is 0 Å². The van der Waals surface area contributed by atoms with E-state index in [4.69, 9.17) is 0 Å². The van der Waals surface area contributed by atoms with Crippen LogP contribution in [-0.2, 0) is 11.8 Å². The van der Waals surface area contributed by atoms with Crippen LogP contribution in [0.1, 0.15) is 16.8 Å². The SMILES string of the molecule is Cn1cc(N2CCN(CCC(=O)c3ccc(F)cc3F)CC2=O)cn1. The molecule has 0 saturated carbocycles. The second kappa shape index (κ2) is 7.10. The molecule has 2 aromatic rings. The highest BCUT2D eigenvalue weighted by Crippen LogP contribution is 2.17. The summed E-state index contributed by atoms with van der Waals surface area (Å²) in [7, 11) is 1.78. The molecule has 3 rings (SSSR count). The predicted molar refractivity (Wildman–Crippen MR) is 87.3 cm³/mol. The number of carbonyl (C=O) groups excluding carboxylic acids is 2. The normalized spacial score (nSPS) is 15.6. The number of hydrogen-bond acceptors (Lipinski definition) is 4. The van der Waals surface area contributed by atoms with Gasteiger partial charge in [0.15, 0.2) is 5.78 Å². The molecule has 6 nitrogen and oxygen atoms in total. The van der Waals surface area contributed by atoms with Gasteiger partial charge in [0.25, 0.3) is 0 Å². The smallest absolute Gasteiger partial charge is 0.241 e. The van der Waals surface area contributed by atoms with Gasteiger partial charge in [0, 0.05) is 45.4 Å². The van der Waals surface area contributed by atoms with Crippen molar-refractivity contribution in [1.29, 1.82) is 0 Å². The van der Waals surface area contributed by atoms with Crippen LogP contribution < -0.4 is 4.90 Å². The number of Topliss-reactive ketones (excluding diaryl/α,β-unsaturated/α-hetero) is 1. The van der Waals surface area contributed by atoms with Gasteiger partial charge in [-0.25, -0.2) is 8.78 Å². The molecule has 1 aromatic heterocycles. The second-order valence-electron chi connectivity index (χ2n) is 5.99. The number of hydrogen-bond donors (Lipinski definition) is 0. The van der Waals surface area contributed by atoms with Crippen molar-refractivity contribution in [3.05, 3.63) is 47.8 Å². The first-order valence-corrected chi connectivity index (χ1v) is 7.93. The predicted octanol–water partition coefficient (Wildman–Crippen LogP) is 1.62. The highest BCUT2D eigenvalue weighted by Gasteiger charge is 2.26. The average molecular weight is 348 g/mol. The molecule has 0 bridgehead atoms. The van der Waals surface area contributed by atoms with E-state index in [1.165, 1.54) is 0 Å². The first kappa shape index (κ1) is 17.2. The van der Waals surface area contributed by atoms with Crippen molar-refractivity contribution in [2.75, 3.05) is 31.1 Å². The Morgan fingerprint density at radius 3 is 2.72 bits per heavy atom. The summed E-state index contributed by atoms with van der Waals surface area (Å²) < 4.78 is 28.2. The molecule has 25 heavy (non-hydrogen) atoms. The maximum absolute atomic E-state index is 13.6. The zero-order chi connectivity index (χ0) is 18.0. The summed E-state index contributed by atoms with van der Waals surface area (Å²) >= 11 is 0. The van der Waals surface area contributed by atoms with Crippen molar-refractivity contribution >= 4 is 17.4 Å². The number of aromatic nitrogens is 2. The number of amides is 1. The summed E-state index contributed by atoms with van der Waals surface area (Å²) in [6, 6.07) is 2.91. The number of piperazine rings is 1. The lowest BCUT2D eigenvalue weighted by Crippen LogP contribution is -2.50. The third-order valence-corrected chi connectivity index (χ3v) is 4.19. The average Bonchev–Trinajstić information content (AvgIpc) is 2.99. The Kier molecular flexibility index (Phi) is 4.89. The molecule has 0 spiro atoms. The van der Waals surface area contributed by atoms with Crippen molar-refractivity contribution in [1.82, 2.24) is 14.7 Å². The van der Waals surface area contributed by atoms with Gasteiger partial charge in [-0.15, -0.1) is 0 Å². The number of ketones is 1. The molecule has 1 amide bonds. The number of aryl methyl sites for hydroxylation is 1. The van der Waals surface area contributed by atoms with E-state index in [0.29, 0.717) is 25.7 Å². The molecule has 1 fully saturated rings. The molecule has 132 valence electrons. The molecule has 8 heteroatoms. The van der Waals surface area contributed by atoms with Crippen LogP contribution in [0.3, 0.4) is 0 Å². The van der Waals surface area contributed by atoms with Crippen LogP contribution in [0, 0.1) is 11.6 Å². The Balaban J connectivity index is 1.55. The summed E-state index contributed by atoms with van der Waals surface area (Å²) in [4.78, 5) is 27.9. The quantitative estimate of drug-likeness (QED) is 0.771. The fraction of sp³-hybridized carbons (Fsp3) is 0.353. The number of anilines is 1. The number of benzene rings is 1. The molecule has 1 aromatic carbocycles. The molecule has 2 heterocycles. The molecular formula is C17H18F2N4O2. The Morgan fingerprint density at radius 2 is 2.08 bits per heavy atom. The lowest BCUT2D eigenvalue weighted by molar-refractivity contribution is -0.121. The highest BCUT2D eigenvalue weighted by molar-refractivity contribution is 5.97. The maximum atomic E-state index is 13.6. The van der Waals surface area contributed by atoms with Crippen LogP contribution in [0.4, 0.5) is 14.5 Å². The van der Waals surface area contributed by atoms with Crippen LogP contribution in [0.5, 0.6) is 0 Å². The van der Waals surface area contributed by atoms with Crippen LogP contribution in [0.2, 0.25) is 0 Å². The maximum Gasteiger partial charge on any atom is 0.241 e. The Morgan fingerprint density at radius 1 is 1.28 bits per heavy atom. The summed E-state index contributed by atoms with van der Waals surface area (Å²) in [6.07, 6.45) is 3.48. The molecule has 1 aliphatic rings. The van der Waals surface area contributed by atoms with Gasteiger partial charge in [0.2, 0.25) is 5.91 Å². The van der Waals surface area contributed by atoms with E-state index < -0.39 is 17.4 Å². The lowest BCUT2D eigenvalue weighted by atomic mass is 10.1. The minimum atomic E-state index is -0.859. The summed E-state index contributed by atoms with van der Waals surface area (Å²) in [5.41, 5.74) is 0.623. The van der Waals surface area contributed by atoms with Gasteiger partial charge in [0.1, 0.15) is 11.6 Å². The Labute approximate surface area is 143 Å². The van der Waals surface area contributed by atoms with E-state index in [1.54, 1.807) is 29.0 Å². The Hall–Kier alpha value is -2.61. The van der Waals surface area contributed by atoms with E-state index in [0.717, 1.165) is 17.8 Å². The van der Waals surface area contributed by atoms with Crippen LogP contribution in [-0.4, -0.2) is 52.5 Å². The monoisotopic (exact) mass is 348 g/mol. The van der Waals surface area contributed by atoms with Gasteiger partial charge >= 0.3 is 0 Å². The van der Waals surface area contributed by atoms with Gasteiger partial charge in [-0.1, -0.05) is 0 Å². The van der Waals surface area contributed by atoms with Crippen LogP contribution in [0.15, 0.2) is 30.6 Å². The van der Waals surface area contributed by atoms with Gasteiger partial charge in [-0.3, -0.25) is 19.2 Å². The van der Waals surface area contributed by atoms with E-state index in [2.05, 4.69) is 5.10 Å². The van der Waals surface area contributed by atoms with E-state index in [9.17, 15) is 18.4 Å². The highest BCUT2D eigenvalue weighted by atomic mass is 19.1. The summed E-state index contributed by atoms with van der Waals surface area (Å²) in [5, 5.41) is 4.06. The largest absolute Gasteiger partial charge is 0.307 e. The molecule has 0 aliphatic carbocycles. The van der Waals surface area contributed by atoms with Gasteiger partial charge in [-0.05, 0) is 12.1 Å². The third-order valence-electron chi connectivity index (χ3n) is 4.19. The zero-order valence-electron chi connectivity index (χ0n) is 13.8. The molecule has 1 aliphatic heterocycles. The van der Waals surface area contributed by atoms with Crippen LogP contribution >= 0.6 is 0 Å². The van der Waals surface area contributed by atoms with Crippen molar-refractivity contribution in [3.8, 4) is 0 Å². The van der Waals surface area contributed by atoms with Crippen LogP contribution in [0.25, 0.3) is 0 Å². The van der Waals surface area contributed by atoms with Crippen molar-refractivity contribution < 1.29 is 18.4 Å². The second-order valence-corrected chi connectivity index (χ2v) is 5.99. The minimum Gasteiger partial charge on any atom is -0.307 e. The minimum absolute atomic E-state index is 0.0698. The molecule has 1 saturated heterocycles. The van der Waals surface area contributed by atoms with E-state index in [1.807, 2.05) is 4.90 Å². The van der Waals surface area contributed by atoms with Gasteiger partial charge in [0.05, 0.1) is 24.0 Å². The zero-order valence-corrected chi connectivity index (χ0v) is 13.8. The van der Waals surface area contributed by atoms with Gasteiger partial charge < -0.3 is 4.90 Å². The fourth-order valence-corrected chi connectivity index (χ4v) is 2.84. The number of rotatable bonds is 5. The molecule has 0 unspecified atom stereocenters. The molecule has 0 radical (unpaired) electrons. The lowest BCUT2D eigenvalue weighted by Gasteiger charge is -2.33. The van der Waals surface area contributed by atoms with E-state index in [-0.39, 0.29) is 24.4 Å². The summed E-state index contributed by atoms with van der Waals surface area (Å²) in [5.74, 6) is -2.05.